The molecule has 1 fully saturated rings. The van der Waals surface area contributed by atoms with Gasteiger partial charge in [-0.3, -0.25) is 9.78 Å². The Morgan fingerprint density at radius 3 is 2.86 bits per heavy atom. The average molecular weight is 394 g/mol. The molecule has 0 N–H and O–H groups in total. The summed E-state index contributed by atoms with van der Waals surface area (Å²) in [6.07, 6.45) is 8.61. The largest absolute Gasteiger partial charge is 0.356 e. The van der Waals surface area contributed by atoms with Gasteiger partial charge in [-0.2, -0.15) is 0 Å². The Labute approximate surface area is 173 Å². The first-order valence-electron chi connectivity index (χ1n) is 11.0. The van der Waals surface area contributed by atoms with Crippen molar-refractivity contribution < 1.29 is 4.79 Å². The minimum atomic E-state index is 0.0137. The van der Waals surface area contributed by atoms with Gasteiger partial charge in [-0.1, -0.05) is 13.0 Å². The van der Waals surface area contributed by atoms with Gasteiger partial charge < -0.3 is 9.80 Å². The molecule has 4 rings (SSSR count). The topological polar surface area (TPSA) is 62.2 Å². The number of likely N-dealkylation sites (tertiary alicyclic amines) is 1. The van der Waals surface area contributed by atoms with E-state index in [9.17, 15) is 4.79 Å². The molecule has 2 aromatic heterocycles. The smallest absolute Gasteiger partial charge is 0.222 e. The van der Waals surface area contributed by atoms with Crippen LogP contribution in [0.3, 0.4) is 0 Å². The van der Waals surface area contributed by atoms with Crippen LogP contribution >= 0.6 is 0 Å². The van der Waals surface area contributed by atoms with Crippen LogP contribution in [0.5, 0.6) is 0 Å². The summed E-state index contributed by atoms with van der Waals surface area (Å²) in [6, 6.07) is 6.09. The van der Waals surface area contributed by atoms with E-state index in [1.807, 2.05) is 30.2 Å². The number of aryl methyl sites for hydroxylation is 1. The number of pyridine rings is 1. The van der Waals surface area contributed by atoms with E-state index in [0.29, 0.717) is 6.42 Å². The standard InChI is InChI=1S/C23H31N5O/c1-3-21(29)28-15-7-5-11-20(28)22-25-17(2)19-10-8-14-27(23(19)26-22)16-12-18-9-4-6-13-24-18/h4,6,9,13,20H,3,5,7-8,10-12,14-16H2,1-2H3. The summed E-state index contributed by atoms with van der Waals surface area (Å²) in [5.74, 6) is 2.11. The monoisotopic (exact) mass is 393 g/mol. The Morgan fingerprint density at radius 2 is 2.07 bits per heavy atom. The Bertz CT molecular complexity index is 854. The Balaban J connectivity index is 1.61. The number of anilines is 1. The predicted molar refractivity (Wildman–Crippen MR) is 114 cm³/mol. The highest BCUT2D eigenvalue weighted by molar-refractivity contribution is 5.76. The van der Waals surface area contributed by atoms with Crippen LogP contribution in [0.4, 0.5) is 5.82 Å². The predicted octanol–water partition coefficient (Wildman–Crippen LogP) is 3.64. The van der Waals surface area contributed by atoms with Crippen molar-refractivity contribution >= 4 is 11.7 Å². The lowest BCUT2D eigenvalue weighted by molar-refractivity contribution is -0.134. The fraction of sp³-hybridized carbons (Fsp3) is 0.565. The van der Waals surface area contributed by atoms with E-state index < -0.39 is 0 Å². The molecule has 154 valence electrons. The van der Waals surface area contributed by atoms with Gasteiger partial charge in [0.1, 0.15) is 5.82 Å². The first-order valence-corrected chi connectivity index (χ1v) is 11.0. The maximum absolute atomic E-state index is 12.5. The number of aromatic nitrogens is 3. The number of carbonyl (C=O) groups is 1. The molecule has 29 heavy (non-hydrogen) atoms. The van der Waals surface area contributed by atoms with Gasteiger partial charge in [-0.05, 0) is 51.2 Å². The zero-order chi connectivity index (χ0) is 20.2. The highest BCUT2D eigenvalue weighted by Gasteiger charge is 2.31. The van der Waals surface area contributed by atoms with E-state index >= 15 is 0 Å². The zero-order valence-electron chi connectivity index (χ0n) is 17.6. The number of nitrogens with zero attached hydrogens (tertiary/aromatic N) is 5. The first kappa shape index (κ1) is 19.8. The van der Waals surface area contributed by atoms with E-state index in [2.05, 4.69) is 22.9 Å². The summed E-state index contributed by atoms with van der Waals surface area (Å²) in [5, 5.41) is 0. The molecule has 2 aliphatic heterocycles. The number of hydrogen-bond acceptors (Lipinski definition) is 5. The summed E-state index contributed by atoms with van der Waals surface area (Å²) in [4.78, 5) is 31.3. The molecule has 1 amide bonds. The van der Waals surface area contributed by atoms with Crippen molar-refractivity contribution in [2.45, 2.75) is 64.8 Å². The molecule has 0 saturated carbocycles. The lowest BCUT2D eigenvalue weighted by atomic mass is 9.99. The molecule has 0 spiro atoms. The molecular weight excluding hydrogens is 362 g/mol. The number of rotatable bonds is 5. The van der Waals surface area contributed by atoms with Gasteiger partial charge in [-0.25, -0.2) is 9.97 Å². The van der Waals surface area contributed by atoms with E-state index in [4.69, 9.17) is 9.97 Å². The van der Waals surface area contributed by atoms with Crippen LogP contribution in [-0.2, 0) is 17.6 Å². The molecular formula is C23H31N5O. The fourth-order valence-corrected chi connectivity index (χ4v) is 4.57. The van der Waals surface area contributed by atoms with Gasteiger partial charge in [0.2, 0.25) is 5.91 Å². The normalized spacial score (nSPS) is 19.2. The SMILES string of the molecule is CCC(=O)N1CCCCC1c1nc(C)c2c(n1)N(CCc1ccccn1)CCC2. The molecule has 1 unspecified atom stereocenters. The molecule has 2 aliphatic rings. The quantitative estimate of drug-likeness (QED) is 0.776. The summed E-state index contributed by atoms with van der Waals surface area (Å²) in [6.45, 7) is 6.77. The lowest BCUT2D eigenvalue weighted by Crippen LogP contribution is -2.40. The zero-order valence-corrected chi connectivity index (χ0v) is 17.6. The highest BCUT2D eigenvalue weighted by Crippen LogP contribution is 2.33. The van der Waals surface area contributed by atoms with Crippen LogP contribution in [0.25, 0.3) is 0 Å². The summed E-state index contributed by atoms with van der Waals surface area (Å²) >= 11 is 0. The number of carbonyl (C=O) groups excluding carboxylic acids is 1. The minimum Gasteiger partial charge on any atom is -0.356 e. The van der Waals surface area contributed by atoms with E-state index in [-0.39, 0.29) is 11.9 Å². The van der Waals surface area contributed by atoms with Gasteiger partial charge >= 0.3 is 0 Å². The van der Waals surface area contributed by atoms with E-state index in [1.165, 1.54) is 5.56 Å². The Kier molecular flexibility index (Phi) is 6.07. The number of piperidine rings is 1. The Hall–Kier alpha value is -2.50. The molecule has 0 bridgehead atoms. The fourth-order valence-electron chi connectivity index (χ4n) is 4.57. The third kappa shape index (κ3) is 4.26. The molecule has 0 aliphatic carbocycles. The van der Waals surface area contributed by atoms with Gasteiger partial charge in [0.15, 0.2) is 5.82 Å². The van der Waals surface area contributed by atoms with Crippen LogP contribution in [-0.4, -0.2) is 45.4 Å². The maximum Gasteiger partial charge on any atom is 0.222 e. The van der Waals surface area contributed by atoms with Crippen LogP contribution in [0, 0.1) is 6.92 Å². The van der Waals surface area contributed by atoms with Crippen molar-refractivity contribution in [2.24, 2.45) is 0 Å². The summed E-state index contributed by atoms with van der Waals surface area (Å²) in [5.41, 5.74) is 3.45. The van der Waals surface area contributed by atoms with Crippen molar-refractivity contribution in [3.8, 4) is 0 Å². The molecule has 6 nitrogen and oxygen atoms in total. The third-order valence-corrected chi connectivity index (χ3v) is 6.15. The number of amides is 1. The van der Waals surface area contributed by atoms with Crippen LogP contribution in [0.2, 0.25) is 0 Å². The summed E-state index contributed by atoms with van der Waals surface area (Å²) in [7, 11) is 0. The number of hydrogen-bond donors (Lipinski definition) is 0. The molecule has 0 radical (unpaired) electrons. The molecule has 2 aromatic rings. The average Bonchev–Trinajstić information content (AvgIpc) is 2.78. The van der Waals surface area contributed by atoms with Crippen molar-refractivity contribution in [3.63, 3.8) is 0 Å². The highest BCUT2D eigenvalue weighted by atomic mass is 16.2. The molecule has 6 heteroatoms. The second-order valence-electron chi connectivity index (χ2n) is 8.08. The lowest BCUT2D eigenvalue weighted by Gasteiger charge is -2.36. The molecule has 0 aromatic carbocycles. The third-order valence-electron chi connectivity index (χ3n) is 6.15. The first-order chi connectivity index (χ1) is 14.2. The van der Waals surface area contributed by atoms with Crippen molar-refractivity contribution in [1.82, 2.24) is 19.9 Å². The van der Waals surface area contributed by atoms with Crippen molar-refractivity contribution in [3.05, 3.63) is 47.2 Å². The second-order valence-corrected chi connectivity index (χ2v) is 8.08. The van der Waals surface area contributed by atoms with Gasteiger partial charge in [0, 0.05) is 55.6 Å². The summed E-state index contributed by atoms with van der Waals surface area (Å²) < 4.78 is 0. The van der Waals surface area contributed by atoms with E-state index in [0.717, 1.165) is 81.2 Å². The van der Waals surface area contributed by atoms with Crippen LogP contribution < -0.4 is 4.90 Å². The van der Waals surface area contributed by atoms with Gasteiger partial charge in [0.05, 0.1) is 6.04 Å². The molecule has 1 saturated heterocycles. The van der Waals surface area contributed by atoms with Crippen molar-refractivity contribution in [1.29, 1.82) is 0 Å². The van der Waals surface area contributed by atoms with E-state index in [1.54, 1.807) is 0 Å². The Morgan fingerprint density at radius 1 is 1.17 bits per heavy atom. The molecule has 1 atom stereocenters. The van der Waals surface area contributed by atoms with Crippen LogP contribution in [0.1, 0.15) is 67.8 Å². The molecule has 4 heterocycles. The number of fused-ring (bicyclic) bond motifs is 1. The minimum absolute atomic E-state index is 0.0137. The second kappa shape index (κ2) is 8.89. The van der Waals surface area contributed by atoms with Crippen LogP contribution in [0.15, 0.2) is 24.4 Å². The van der Waals surface area contributed by atoms with Crippen molar-refractivity contribution in [2.75, 3.05) is 24.5 Å². The maximum atomic E-state index is 12.5. The van der Waals surface area contributed by atoms with Gasteiger partial charge in [-0.15, -0.1) is 0 Å². The van der Waals surface area contributed by atoms with Gasteiger partial charge in [0.25, 0.3) is 0 Å².